The van der Waals surface area contributed by atoms with Crippen LogP contribution in [0.2, 0.25) is 0 Å². The summed E-state index contributed by atoms with van der Waals surface area (Å²) >= 11 is 0. The third-order valence-electron chi connectivity index (χ3n) is 2.80. The van der Waals surface area contributed by atoms with Crippen LogP contribution in [0, 0.1) is 0 Å². The molecule has 0 spiro atoms. The van der Waals surface area contributed by atoms with Gasteiger partial charge in [0.25, 0.3) is 0 Å². The molecule has 0 amide bonds. The maximum absolute atomic E-state index is 11.8. The van der Waals surface area contributed by atoms with Gasteiger partial charge in [-0.2, -0.15) is 0 Å². The molecule has 0 saturated heterocycles. The Hall–Kier alpha value is -1.57. The SMILES string of the molecule is NS(=O)(=O)c1cc2ccccc2c(S(N)(=O)=O)c1S(N)(=O)=O. The fraction of sp³-hybridized carbons (Fsp3) is 0. The summed E-state index contributed by atoms with van der Waals surface area (Å²) in [6.07, 6.45) is 0. The Kier molecular flexibility index (Phi) is 3.80. The Morgan fingerprint density at radius 2 is 1.18 bits per heavy atom. The van der Waals surface area contributed by atoms with Crippen LogP contribution in [0.1, 0.15) is 0 Å². The molecule has 22 heavy (non-hydrogen) atoms. The molecule has 120 valence electrons. The quantitative estimate of drug-likeness (QED) is 0.613. The van der Waals surface area contributed by atoms with Crippen molar-refractivity contribution in [2.24, 2.45) is 15.4 Å². The van der Waals surface area contributed by atoms with Gasteiger partial charge in [-0.1, -0.05) is 24.3 Å². The van der Waals surface area contributed by atoms with Crippen LogP contribution in [0.3, 0.4) is 0 Å². The van der Waals surface area contributed by atoms with Gasteiger partial charge in [-0.3, -0.25) is 0 Å². The van der Waals surface area contributed by atoms with Crippen molar-refractivity contribution < 1.29 is 25.3 Å². The molecular weight excluding hydrogens is 354 g/mol. The summed E-state index contributed by atoms with van der Waals surface area (Å²) in [7, 11) is -13.9. The van der Waals surface area contributed by atoms with Crippen molar-refractivity contribution in [2.45, 2.75) is 14.7 Å². The molecular formula is C10H11N3O6S3. The summed E-state index contributed by atoms with van der Waals surface area (Å²) in [4.78, 5) is -2.98. The van der Waals surface area contributed by atoms with E-state index >= 15 is 0 Å². The van der Waals surface area contributed by atoms with E-state index in [4.69, 9.17) is 15.4 Å². The third kappa shape index (κ3) is 2.97. The second-order valence-corrected chi connectivity index (χ2v) is 8.92. The third-order valence-corrected chi connectivity index (χ3v) is 5.98. The van der Waals surface area contributed by atoms with Crippen LogP contribution in [-0.2, 0) is 30.1 Å². The number of hydrogen-bond acceptors (Lipinski definition) is 6. The lowest BCUT2D eigenvalue weighted by atomic mass is 10.1. The molecule has 0 aliphatic carbocycles. The standard InChI is InChI=1S/C10H11N3O6S3/c11-20(14,15)8-5-6-3-1-2-4-7(6)9(21(12,16)17)10(8)22(13,18)19/h1-5H,(H2,11,14,15)(H2,12,16,17)(H2,13,18,19). The van der Waals surface area contributed by atoms with Crippen LogP contribution in [0.15, 0.2) is 45.0 Å². The van der Waals surface area contributed by atoms with Crippen LogP contribution in [0.5, 0.6) is 0 Å². The van der Waals surface area contributed by atoms with Crippen molar-refractivity contribution in [1.29, 1.82) is 0 Å². The molecule has 0 aromatic heterocycles. The van der Waals surface area contributed by atoms with Gasteiger partial charge in [0.05, 0.1) is 0 Å². The van der Waals surface area contributed by atoms with E-state index in [1.807, 2.05) is 0 Å². The van der Waals surface area contributed by atoms with Crippen molar-refractivity contribution in [2.75, 3.05) is 0 Å². The first-order chi connectivity index (χ1) is 9.83. The second kappa shape index (κ2) is 4.97. The molecule has 9 nitrogen and oxygen atoms in total. The van der Waals surface area contributed by atoms with Gasteiger partial charge in [-0.05, 0) is 11.5 Å². The summed E-state index contributed by atoms with van der Waals surface area (Å²) in [5, 5.41) is 15.0. The molecule has 0 radical (unpaired) electrons. The van der Waals surface area contributed by atoms with Crippen LogP contribution in [0.4, 0.5) is 0 Å². The first-order valence-corrected chi connectivity index (χ1v) is 10.1. The molecule has 0 atom stereocenters. The molecule has 0 aliphatic rings. The zero-order valence-corrected chi connectivity index (χ0v) is 13.2. The van der Waals surface area contributed by atoms with Gasteiger partial charge in [0.15, 0.2) is 0 Å². The number of primary sulfonamides is 3. The van der Waals surface area contributed by atoms with Gasteiger partial charge in [0.1, 0.15) is 14.7 Å². The molecule has 6 N–H and O–H groups in total. The van der Waals surface area contributed by atoms with Crippen LogP contribution >= 0.6 is 0 Å². The Morgan fingerprint density at radius 3 is 1.64 bits per heavy atom. The van der Waals surface area contributed by atoms with E-state index in [1.54, 1.807) is 0 Å². The summed E-state index contributed by atoms with van der Waals surface area (Å²) in [5.41, 5.74) is 0. The van der Waals surface area contributed by atoms with E-state index in [1.165, 1.54) is 24.3 Å². The maximum atomic E-state index is 11.8. The van der Waals surface area contributed by atoms with E-state index in [0.717, 1.165) is 6.07 Å². The van der Waals surface area contributed by atoms with Crippen molar-refractivity contribution in [3.63, 3.8) is 0 Å². The first kappa shape index (κ1) is 16.8. The zero-order chi connectivity index (χ0) is 16.9. The highest BCUT2D eigenvalue weighted by molar-refractivity contribution is 7.94. The molecule has 0 heterocycles. The Morgan fingerprint density at radius 1 is 0.682 bits per heavy atom. The molecule has 0 saturated carbocycles. The molecule has 2 aromatic rings. The summed E-state index contributed by atoms with van der Waals surface area (Å²) in [6, 6.07) is 6.51. The fourth-order valence-electron chi connectivity index (χ4n) is 2.03. The Labute approximate surface area is 126 Å². The Bertz CT molecular complexity index is 1090. The lowest BCUT2D eigenvalue weighted by Crippen LogP contribution is -2.26. The average Bonchev–Trinajstić information content (AvgIpc) is 2.33. The topological polar surface area (TPSA) is 180 Å². The molecule has 12 heteroatoms. The van der Waals surface area contributed by atoms with Crippen LogP contribution in [0.25, 0.3) is 10.8 Å². The molecule has 0 aliphatic heterocycles. The first-order valence-electron chi connectivity index (χ1n) is 5.47. The van der Waals surface area contributed by atoms with Crippen LogP contribution in [-0.4, -0.2) is 25.3 Å². The second-order valence-electron chi connectivity index (χ2n) is 4.39. The van der Waals surface area contributed by atoms with Gasteiger partial charge in [0.2, 0.25) is 30.1 Å². The van der Waals surface area contributed by atoms with Crippen LogP contribution < -0.4 is 15.4 Å². The highest BCUT2D eigenvalue weighted by Crippen LogP contribution is 2.33. The minimum absolute atomic E-state index is 0.0820. The molecule has 2 rings (SSSR count). The predicted molar refractivity (Wildman–Crippen MR) is 78.1 cm³/mol. The lowest BCUT2D eigenvalue weighted by Gasteiger charge is -2.13. The summed E-state index contributed by atoms with van der Waals surface area (Å²) < 4.78 is 70.4. The number of fused-ring (bicyclic) bond motifs is 1. The number of nitrogens with two attached hydrogens (primary N) is 3. The van der Waals surface area contributed by atoms with Crippen molar-refractivity contribution in [1.82, 2.24) is 0 Å². The number of hydrogen-bond donors (Lipinski definition) is 3. The van der Waals surface area contributed by atoms with E-state index < -0.39 is 44.8 Å². The van der Waals surface area contributed by atoms with Gasteiger partial charge in [-0.25, -0.2) is 40.7 Å². The monoisotopic (exact) mass is 365 g/mol. The lowest BCUT2D eigenvalue weighted by molar-refractivity contribution is 0.576. The van der Waals surface area contributed by atoms with Crippen molar-refractivity contribution >= 4 is 40.8 Å². The van der Waals surface area contributed by atoms with Crippen molar-refractivity contribution in [3.05, 3.63) is 30.3 Å². The van der Waals surface area contributed by atoms with E-state index in [-0.39, 0.29) is 10.8 Å². The van der Waals surface area contributed by atoms with Crippen molar-refractivity contribution in [3.8, 4) is 0 Å². The number of rotatable bonds is 3. The summed E-state index contributed by atoms with van der Waals surface area (Å²) in [5.74, 6) is 0. The highest BCUT2D eigenvalue weighted by atomic mass is 32.2. The highest BCUT2D eigenvalue weighted by Gasteiger charge is 2.32. The number of benzene rings is 2. The molecule has 2 aromatic carbocycles. The van der Waals surface area contributed by atoms with Gasteiger partial charge in [0, 0.05) is 5.39 Å². The van der Waals surface area contributed by atoms with E-state index in [0.29, 0.717) is 0 Å². The fourth-order valence-corrected chi connectivity index (χ4v) is 5.71. The normalized spacial score (nSPS) is 13.4. The maximum Gasteiger partial charge on any atom is 0.240 e. The van der Waals surface area contributed by atoms with E-state index in [9.17, 15) is 25.3 Å². The Balaban J connectivity index is 3.32. The smallest absolute Gasteiger partial charge is 0.225 e. The summed E-state index contributed by atoms with van der Waals surface area (Å²) in [6.45, 7) is 0. The number of sulfonamides is 3. The van der Waals surface area contributed by atoms with Gasteiger partial charge >= 0.3 is 0 Å². The largest absolute Gasteiger partial charge is 0.240 e. The zero-order valence-electron chi connectivity index (χ0n) is 10.8. The predicted octanol–water partition coefficient (Wildman–Crippen LogP) is -1.22. The molecule has 0 unspecified atom stereocenters. The minimum atomic E-state index is -4.74. The minimum Gasteiger partial charge on any atom is -0.225 e. The van der Waals surface area contributed by atoms with E-state index in [2.05, 4.69) is 0 Å². The van der Waals surface area contributed by atoms with Gasteiger partial charge < -0.3 is 0 Å². The van der Waals surface area contributed by atoms with Gasteiger partial charge in [-0.15, -0.1) is 0 Å². The molecule has 0 bridgehead atoms. The average molecular weight is 365 g/mol. The molecule has 0 fully saturated rings.